The van der Waals surface area contributed by atoms with Crippen molar-refractivity contribution in [2.45, 2.75) is 51.3 Å². The summed E-state index contributed by atoms with van der Waals surface area (Å²) >= 11 is 0. The van der Waals surface area contributed by atoms with Gasteiger partial charge in [0.15, 0.2) is 6.23 Å². The molecule has 2 heterocycles. The molecule has 1 aromatic heterocycles. The number of rotatable bonds is 13. The highest BCUT2D eigenvalue weighted by Gasteiger charge is 2.48. The first-order valence-electron chi connectivity index (χ1n) is 13.7. The Bertz CT molecular complexity index is 1370. The molecule has 1 aliphatic rings. The van der Waals surface area contributed by atoms with Gasteiger partial charge in [0.25, 0.3) is 0 Å². The summed E-state index contributed by atoms with van der Waals surface area (Å²) in [4.78, 5) is 12.5. The summed E-state index contributed by atoms with van der Waals surface area (Å²) in [5.41, 5.74) is 9.65. The van der Waals surface area contributed by atoms with Gasteiger partial charge in [-0.15, -0.1) is 0 Å². The Morgan fingerprint density at radius 1 is 0.829 bits per heavy atom. The lowest BCUT2D eigenvalue weighted by molar-refractivity contribution is -0.0928. The van der Waals surface area contributed by atoms with Crippen molar-refractivity contribution in [3.8, 4) is 0 Å². The van der Waals surface area contributed by atoms with Crippen LogP contribution in [-0.2, 0) is 43.5 Å². The summed E-state index contributed by atoms with van der Waals surface area (Å²) in [6.07, 6.45) is -1.00. The molecule has 3 aromatic carbocycles. The molecule has 4 aromatic rings. The number of hydrogen-bond donors (Lipinski definition) is 1. The Kier molecular flexibility index (Phi) is 9.77. The van der Waals surface area contributed by atoms with Gasteiger partial charge in [0.2, 0.25) is 0 Å². The number of benzene rings is 3. The van der Waals surface area contributed by atoms with Gasteiger partial charge in [-0.25, -0.2) is 9.48 Å². The second-order valence-electron chi connectivity index (χ2n) is 9.70. The molecule has 2 N–H and O–H groups in total. The van der Waals surface area contributed by atoms with Crippen molar-refractivity contribution < 1.29 is 28.5 Å². The van der Waals surface area contributed by atoms with E-state index in [9.17, 15) is 4.79 Å². The molecule has 1 fully saturated rings. The molecule has 9 nitrogen and oxygen atoms in total. The third kappa shape index (κ3) is 7.20. The first-order valence-corrected chi connectivity index (χ1v) is 13.7. The zero-order valence-corrected chi connectivity index (χ0v) is 23.0. The molecule has 41 heavy (non-hydrogen) atoms. The molecule has 0 saturated carbocycles. The van der Waals surface area contributed by atoms with Crippen molar-refractivity contribution in [3.05, 3.63) is 119 Å². The van der Waals surface area contributed by atoms with Crippen LogP contribution in [0.3, 0.4) is 0 Å². The van der Waals surface area contributed by atoms with E-state index in [4.69, 9.17) is 29.4 Å². The minimum absolute atomic E-state index is 0.134. The van der Waals surface area contributed by atoms with Crippen LogP contribution in [0.4, 0.5) is 5.82 Å². The molecule has 0 unspecified atom stereocenters. The van der Waals surface area contributed by atoms with Gasteiger partial charge in [-0.05, 0) is 23.6 Å². The zero-order valence-electron chi connectivity index (χ0n) is 23.0. The predicted molar refractivity (Wildman–Crippen MR) is 153 cm³/mol. The first kappa shape index (κ1) is 28.5. The fraction of sp³-hybridized carbons (Fsp3) is 0.312. The molecule has 0 amide bonds. The maximum absolute atomic E-state index is 12.5. The molecule has 0 bridgehead atoms. The minimum Gasteiger partial charge on any atom is -0.462 e. The normalized spacial score (nSPS) is 20.2. The van der Waals surface area contributed by atoms with Crippen LogP contribution in [0.15, 0.2) is 97.2 Å². The Labute approximate surface area is 239 Å². The average molecular weight is 558 g/mol. The second-order valence-corrected chi connectivity index (χ2v) is 9.70. The number of nitrogens with two attached hydrogens (primary N) is 1. The van der Waals surface area contributed by atoms with Crippen LogP contribution in [0.25, 0.3) is 0 Å². The lowest BCUT2D eigenvalue weighted by Gasteiger charge is -2.25. The van der Waals surface area contributed by atoms with Crippen molar-refractivity contribution in [2.24, 2.45) is 0 Å². The van der Waals surface area contributed by atoms with Crippen LogP contribution in [0.1, 0.15) is 40.2 Å². The largest absolute Gasteiger partial charge is 0.462 e. The number of hydrogen-bond acceptors (Lipinski definition) is 8. The summed E-state index contributed by atoms with van der Waals surface area (Å²) < 4.78 is 32.2. The molecule has 5 rings (SSSR count). The standard InChI is InChI=1S/C32H35N3O6/c1-2-38-32(36)26-18-34-35(30(26)33)31-29(40-21-25-16-10-5-11-17-25)28(39-20-24-14-8-4-9-15-24)27(41-31)22-37-19-23-12-6-3-7-13-23/h3-18,27-29,31H,2,19-22,33H2,1H3/t27-,28-,29-,31-/m1/s1. The number of esters is 1. The highest BCUT2D eigenvalue weighted by molar-refractivity contribution is 5.94. The van der Waals surface area contributed by atoms with Crippen LogP contribution in [0, 0.1) is 0 Å². The van der Waals surface area contributed by atoms with Gasteiger partial charge in [0.1, 0.15) is 29.7 Å². The number of aromatic nitrogens is 2. The second kappa shape index (κ2) is 14.0. The fourth-order valence-corrected chi connectivity index (χ4v) is 4.76. The van der Waals surface area contributed by atoms with Gasteiger partial charge in [0, 0.05) is 0 Å². The molecule has 9 heteroatoms. The van der Waals surface area contributed by atoms with Crippen molar-refractivity contribution in [1.29, 1.82) is 0 Å². The van der Waals surface area contributed by atoms with Crippen molar-refractivity contribution in [1.82, 2.24) is 9.78 Å². The third-order valence-electron chi connectivity index (χ3n) is 6.82. The van der Waals surface area contributed by atoms with Gasteiger partial charge in [-0.1, -0.05) is 91.0 Å². The van der Waals surface area contributed by atoms with Crippen LogP contribution in [0.5, 0.6) is 0 Å². The number of nitrogens with zero attached hydrogens (tertiary/aromatic N) is 2. The number of nitrogen functional groups attached to an aromatic ring is 1. The smallest absolute Gasteiger partial charge is 0.343 e. The van der Waals surface area contributed by atoms with E-state index in [-0.39, 0.29) is 24.6 Å². The van der Waals surface area contributed by atoms with Gasteiger partial charge < -0.3 is 29.4 Å². The maximum Gasteiger partial charge on any atom is 0.343 e. The summed E-state index contributed by atoms with van der Waals surface area (Å²) in [5.74, 6) is -0.412. The number of carbonyl (C=O) groups excluding carboxylic acids is 1. The number of carbonyl (C=O) groups is 1. The molecular weight excluding hydrogens is 522 g/mol. The van der Waals surface area contributed by atoms with Gasteiger partial charge in [0.05, 0.1) is 39.2 Å². The van der Waals surface area contributed by atoms with Gasteiger partial charge in [-0.2, -0.15) is 5.10 Å². The van der Waals surface area contributed by atoms with Gasteiger partial charge in [-0.3, -0.25) is 0 Å². The molecular formula is C32H35N3O6. The Morgan fingerprint density at radius 2 is 1.37 bits per heavy atom. The lowest BCUT2D eigenvalue weighted by Crippen LogP contribution is -2.38. The molecule has 4 atom stereocenters. The Balaban J connectivity index is 1.41. The van der Waals surface area contributed by atoms with Crippen molar-refractivity contribution in [3.63, 3.8) is 0 Å². The maximum atomic E-state index is 12.5. The van der Waals surface area contributed by atoms with E-state index < -0.39 is 30.5 Å². The van der Waals surface area contributed by atoms with E-state index in [0.717, 1.165) is 16.7 Å². The summed E-state index contributed by atoms with van der Waals surface area (Å²) in [6, 6.07) is 29.7. The monoisotopic (exact) mass is 557 g/mol. The fourth-order valence-electron chi connectivity index (χ4n) is 4.76. The van der Waals surface area contributed by atoms with Crippen LogP contribution in [-0.4, -0.2) is 47.3 Å². The van der Waals surface area contributed by atoms with Crippen LogP contribution < -0.4 is 5.73 Å². The highest BCUT2D eigenvalue weighted by Crippen LogP contribution is 2.37. The average Bonchev–Trinajstić information content (AvgIpc) is 3.56. The van der Waals surface area contributed by atoms with E-state index in [1.165, 1.54) is 10.9 Å². The number of anilines is 1. The SMILES string of the molecule is CCOC(=O)c1cnn([C@@H]2O[C@H](COCc3ccccc3)[C@@H](OCc3ccccc3)[C@H]2OCc2ccccc2)c1N. The molecule has 1 saturated heterocycles. The molecule has 214 valence electrons. The quantitative estimate of drug-likeness (QED) is 0.231. The third-order valence-corrected chi connectivity index (χ3v) is 6.82. The van der Waals surface area contributed by atoms with Crippen molar-refractivity contribution in [2.75, 3.05) is 18.9 Å². The Morgan fingerprint density at radius 3 is 1.93 bits per heavy atom. The van der Waals surface area contributed by atoms with E-state index in [0.29, 0.717) is 19.8 Å². The summed E-state index contributed by atoms with van der Waals surface area (Å²) in [7, 11) is 0. The van der Waals surface area contributed by atoms with Gasteiger partial charge >= 0.3 is 5.97 Å². The molecule has 0 spiro atoms. The molecule has 0 radical (unpaired) electrons. The van der Waals surface area contributed by atoms with E-state index in [2.05, 4.69) is 5.10 Å². The predicted octanol–water partition coefficient (Wildman–Crippen LogP) is 4.93. The van der Waals surface area contributed by atoms with E-state index >= 15 is 0 Å². The van der Waals surface area contributed by atoms with E-state index in [1.54, 1.807) is 6.92 Å². The number of ether oxygens (including phenoxy) is 5. The first-order chi connectivity index (χ1) is 20.1. The minimum atomic E-state index is -0.770. The summed E-state index contributed by atoms with van der Waals surface area (Å²) in [6.45, 7) is 3.30. The van der Waals surface area contributed by atoms with Crippen LogP contribution in [0.2, 0.25) is 0 Å². The van der Waals surface area contributed by atoms with Crippen molar-refractivity contribution >= 4 is 11.8 Å². The highest BCUT2D eigenvalue weighted by atomic mass is 16.6. The molecule has 1 aliphatic heterocycles. The lowest BCUT2D eigenvalue weighted by atomic mass is 10.1. The topological polar surface area (TPSA) is 107 Å². The summed E-state index contributed by atoms with van der Waals surface area (Å²) in [5, 5.41) is 4.41. The van der Waals surface area contributed by atoms with Crippen LogP contribution >= 0.6 is 0 Å². The van der Waals surface area contributed by atoms with E-state index in [1.807, 2.05) is 91.0 Å². The molecule has 0 aliphatic carbocycles. The zero-order chi connectivity index (χ0) is 28.4. The Hall–Kier alpha value is -4.02.